The van der Waals surface area contributed by atoms with E-state index in [4.69, 9.17) is 13.9 Å². The number of nitrogens with one attached hydrogen (secondary N) is 1. The van der Waals surface area contributed by atoms with E-state index < -0.39 is 14.1 Å². The summed E-state index contributed by atoms with van der Waals surface area (Å²) in [5.41, 5.74) is 6.61. The fraction of sp³-hybridized carbons (Fsp3) is 0.410. The predicted octanol–water partition coefficient (Wildman–Crippen LogP) is 6.94. The van der Waals surface area contributed by atoms with Crippen LogP contribution in [0.5, 0.6) is 11.5 Å². The average molecular weight is 668 g/mol. The summed E-state index contributed by atoms with van der Waals surface area (Å²) < 4.78 is 18.3. The Balaban J connectivity index is 1.18. The molecule has 254 valence electrons. The minimum atomic E-state index is -2.26. The van der Waals surface area contributed by atoms with Crippen molar-refractivity contribution in [1.29, 1.82) is 0 Å². The van der Waals surface area contributed by atoms with Crippen molar-refractivity contribution in [3.63, 3.8) is 0 Å². The minimum absolute atomic E-state index is 0.00622. The molecule has 2 N–H and O–H groups in total. The monoisotopic (exact) mass is 667 g/mol. The first-order chi connectivity index (χ1) is 22.7. The molecule has 0 bridgehead atoms. The Morgan fingerprint density at radius 3 is 2.56 bits per heavy atom. The van der Waals surface area contributed by atoms with Gasteiger partial charge >= 0.3 is 0 Å². The highest BCUT2D eigenvalue weighted by Gasteiger charge is 2.45. The molecule has 0 radical (unpaired) electrons. The topological polar surface area (TPSA) is 87.3 Å². The number of H-pyrrole nitrogens is 1. The van der Waals surface area contributed by atoms with Crippen LogP contribution in [0.25, 0.3) is 17.0 Å². The van der Waals surface area contributed by atoms with Gasteiger partial charge in [-0.25, -0.2) is 0 Å². The Labute approximate surface area is 285 Å². The molecule has 48 heavy (non-hydrogen) atoms. The number of nitrogens with zero attached hydrogens (tertiary/aromatic N) is 2. The Bertz CT molecular complexity index is 1810. The molecular formula is C39H49N3O5Si. The molecule has 8 nitrogen and oxygen atoms in total. The van der Waals surface area contributed by atoms with Gasteiger partial charge in [-0.2, -0.15) is 0 Å². The van der Waals surface area contributed by atoms with Crippen LogP contribution in [0.2, 0.25) is 18.1 Å². The van der Waals surface area contributed by atoms with Crippen LogP contribution < -0.4 is 9.47 Å². The van der Waals surface area contributed by atoms with Gasteiger partial charge in [-0.05, 0) is 97.3 Å². The summed E-state index contributed by atoms with van der Waals surface area (Å²) in [5, 5.41) is 12.7. The van der Waals surface area contributed by atoms with Crippen molar-refractivity contribution >= 4 is 31.2 Å². The van der Waals surface area contributed by atoms with Crippen molar-refractivity contribution in [2.24, 2.45) is 0 Å². The van der Waals surface area contributed by atoms with E-state index in [0.29, 0.717) is 25.4 Å². The van der Waals surface area contributed by atoms with E-state index >= 15 is 0 Å². The molecule has 0 fully saturated rings. The molecule has 1 unspecified atom stereocenters. The van der Waals surface area contributed by atoms with Gasteiger partial charge in [0, 0.05) is 35.6 Å². The van der Waals surface area contributed by atoms with Crippen molar-refractivity contribution in [2.45, 2.75) is 63.6 Å². The second-order valence-corrected chi connectivity index (χ2v) is 19.7. The first kappa shape index (κ1) is 34.0. The van der Waals surface area contributed by atoms with E-state index in [1.165, 1.54) is 16.5 Å². The lowest BCUT2D eigenvalue weighted by Gasteiger charge is -2.43. The van der Waals surface area contributed by atoms with Gasteiger partial charge in [0.05, 0.1) is 19.2 Å². The van der Waals surface area contributed by atoms with E-state index in [0.717, 1.165) is 40.9 Å². The summed E-state index contributed by atoms with van der Waals surface area (Å²) in [5.74, 6) is 0.0664. The van der Waals surface area contributed by atoms with Gasteiger partial charge < -0.3 is 33.8 Å². The third kappa shape index (κ3) is 7.10. The summed E-state index contributed by atoms with van der Waals surface area (Å²) in [6.45, 7) is 12.4. The van der Waals surface area contributed by atoms with Crippen LogP contribution in [-0.2, 0) is 22.1 Å². The quantitative estimate of drug-likeness (QED) is 0.108. The van der Waals surface area contributed by atoms with Gasteiger partial charge in [0.1, 0.15) is 18.1 Å². The van der Waals surface area contributed by atoms with Crippen molar-refractivity contribution in [1.82, 2.24) is 14.8 Å². The molecule has 2 atom stereocenters. The van der Waals surface area contributed by atoms with Gasteiger partial charge in [-0.3, -0.25) is 4.79 Å². The number of carbonyl (C=O) groups excluding carboxylic acids is 1. The smallest absolute Gasteiger partial charge is 0.247 e. The Morgan fingerprint density at radius 1 is 1.08 bits per heavy atom. The van der Waals surface area contributed by atoms with Crippen LogP contribution in [0.15, 0.2) is 72.8 Å². The van der Waals surface area contributed by atoms with Crippen LogP contribution in [0.3, 0.4) is 0 Å². The highest BCUT2D eigenvalue weighted by atomic mass is 28.4. The van der Waals surface area contributed by atoms with Gasteiger partial charge in [0.15, 0.2) is 8.32 Å². The number of fused-ring (bicyclic) bond motifs is 4. The van der Waals surface area contributed by atoms with Crippen LogP contribution in [0, 0.1) is 0 Å². The summed E-state index contributed by atoms with van der Waals surface area (Å²) in [7, 11) is 1.56. The maximum atomic E-state index is 13.9. The van der Waals surface area contributed by atoms with Gasteiger partial charge in [0.2, 0.25) is 11.7 Å². The number of aliphatic hydroxyl groups is 1. The van der Waals surface area contributed by atoms with Crippen molar-refractivity contribution in [3.05, 3.63) is 101 Å². The molecule has 6 rings (SSSR count). The zero-order valence-corrected chi connectivity index (χ0v) is 30.3. The molecule has 0 saturated heterocycles. The van der Waals surface area contributed by atoms with E-state index in [1.807, 2.05) is 66.4 Å². The third-order valence-electron chi connectivity index (χ3n) is 9.92. The number of para-hydroxylation sites is 1. The first-order valence-electron chi connectivity index (χ1n) is 16.9. The van der Waals surface area contributed by atoms with Crippen LogP contribution >= 0.6 is 0 Å². The number of hydrogen-bond acceptors (Lipinski definition) is 6. The maximum Gasteiger partial charge on any atom is 0.247 e. The minimum Gasteiger partial charge on any atom is -0.493 e. The average Bonchev–Trinajstić information content (AvgIpc) is 3.66. The fourth-order valence-electron chi connectivity index (χ4n) is 6.57. The number of ether oxygens (including phenoxy) is 2. The largest absolute Gasteiger partial charge is 0.493 e. The number of carbonyl (C=O) groups is 1. The predicted molar refractivity (Wildman–Crippen MR) is 194 cm³/mol. The lowest BCUT2D eigenvalue weighted by atomic mass is 9.91. The number of likely N-dealkylation sites (N-methyl/N-ethyl adjacent to an activating group) is 1. The molecule has 0 aliphatic carbocycles. The molecule has 0 saturated carbocycles. The lowest BCUT2D eigenvalue weighted by molar-refractivity contribution is -0.176. The van der Waals surface area contributed by atoms with E-state index in [2.05, 4.69) is 69.2 Å². The zero-order chi connectivity index (χ0) is 34.3. The molecule has 9 heteroatoms. The molecule has 4 aromatic rings. The fourth-order valence-corrected chi connectivity index (χ4v) is 7.95. The highest BCUT2D eigenvalue weighted by molar-refractivity contribution is 6.74. The van der Waals surface area contributed by atoms with Crippen molar-refractivity contribution in [2.75, 3.05) is 40.4 Å². The Morgan fingerprint density at radius 2 is 1.83 bits per heavy atom. The molecule has 1 amide bonds. The first-order valence-corrected chi connectivity index (χ1v) is 19.8. The molecule has 2 aliphatic heterocycles. The molecule has 0 spiro atoms. The summed E-state index contributed by atoms with van der Waals surface area (Å²) in [6.07, 6.45) is 5.18. The molecule has 3 heterocycles. The normalized spacial score (nSPS) is 17.8. The van der Waals surface area contributed by atoms with Crippen molar-refractivity contribution in [3.8, 4) is 11.5 Å². The number of amides is 1. The molecular weight excluding hydrogens is 619 g/mol. The number of rotatable bonds is 10. The van der Waals surface area contributed by atoms with Gasteiger partial charge in [-0.15, -0.1) is 0 Å². The summed E-state index contributed by atoms with van der Waals surface area (Å²) >= 11 is 0. The Hall–Kier alpha value is -3.89. The number of hydrogen-bond donors (Lipinski definition) is 2. The SMILES string of the molecule is CN(C)C[C@](O)(COc1ccc(/C=C/C(=O)N2CCc3c([nH]c4ccccc34)C2c2ccc3c(c2)CCO3)cc1)O[Si](C)(C)C(C)(C)C. The lowest BCUT2D eigenvalue weighted by Crippen LogP contribution is -2.56. The van der Waals surface area contributed by atoms with E-state index in [1.54, 1.807) is 6.08 Å². The molecule has 3 aromatic carbocycles. The number of benzene rings is 3. The molecule has 1 aromatic heterocycles. The van der Waals surface area contributed by atoms with Crippen LogP contribution in [-0.4, -0.2) is 80.3 Å². The van der Waals surface area contributed by atoms with Gasteiger partial charge in [0.25, 0.3) is 0 Å². The summed E-state index contributed by atoms with van der Waals surface area (Å²) in [6, 6.07) is 22.0. The standard InChI is InChI=1S/C39H49N3O5Si/c1-38(2,3)48(6,7)47-39(44,25-41(4)5)26-46-30-16-12-27(13-17-30)14-19-35(43)42-22-20-32-31-10-8-9-11-33(31)40-36(32)37(42)29-15-18-34-28(24-29)21-23-45-34/h8-19,24,37,40,44H,20-23,25-26H2,1-7H3/b19-14+/t37?,39-/m1/s1. The Kier molecular flexibility index (Phi) is 9.34. The van der Waals surface area contributed by atoms with E-state index in [9.17, 15) is 9.90 Å². The number of aromatic amines is 1. The van der Waals surface area contributed by atoms with Crippen LogP contribution in [0.4, 0.5) is 0 Å². The number of aromatic nitrogens is 1. The highest BCUT2D eigenvalue weighted by Crippen LogP contribution is 2.41. The molecule has 2 aliphatic rings. The second-order valence-electron chi connectivity index (χ2n) is 14.9. The second kappa shape index (κ2) is 13.2. The van der Waals surface area contributed by atoms with E-state index in [-0.39, 0.29) is 23.6 Å². The van der Waals surface area contributed by atoms with Gasteiger partial charge in [-0.1, -0.05) is 57.2 Å². The third-order valence-corrected chi connectivity index (χ3v) is 14.4. The van der Waals surface area contributed by atoms with Crippen molar-refractivity contribution < 1.29 is 23.8 Å². The summed E-state index contributed by atoms with van der Waals surface area (Å²) in [4.78, 5) is 21.4. The van der Waals surface area contributed by atoms with Crippen LogP contribution in [0.1, 0.15) is 54.8 Å². The zero-order valence-electron chi connectivity index (χ0n) is 29.3. The maximum absolute atomic E-state index is 13.9.